The number of urea groups is 1. The van der Waals surface area contributed by atoms with E-state index < -0.39 is 11.9 Å². The van der Waals surface area contributed by atoms with Gasteiger partial charge in [0.25, 0.3) is 0 Å². The smallest absolute Gasteiger partial charge is 0.322 e. The molecule has 1 aliphatic rings. The molecule has 1 aliphatic heterocycles. The van der Waals surface area contributed by atoms with Crippen molar-refractivity contribution in [2.24, 2.45) is 0 Å². The second-order valence-electron chi connectivity index (χ2n) is 5.67. The average Bonchev–Trinajstić information content (AvgIpc) is 2.52. The van der Waals surface area contributed by atoms with Gasteiger partial charge >= 0.3 is 6.03 Å². The van der Waals surface area contributed by atoms with Crippen molar-refractivity contribution in [1.82, 2.24) is 9.80 Å². The van der Waals surface area contributed by atoms with Gasteiger partial charge in [-0.15, -0.1) is 0 Å². The fourth-order valence-electron chi connectivity index (χ4n) is 2.60. The number of likely N-dealkylation sites (N-methyl/N-ethyl adjacent to an activating group) is 1. The van der Waals surface area contributed by atoms with E-state index in [1.54, 1.807) is 16.8 Å². The summed E-state index contributed by atoms with van der Waals surface area (Å²) in [4.78, 5) is 28.0. The van der Waals surface area contributed by atoms with E-state index in [9.17, 15) is 14.0 Å². The second kappa shape index (κ2) is 7.64. The van der Waals surface area contributed by atoms with E-state index in [4.69, 9.17) is 11.6 Å². The summed E-state index contributed by atoms with van der Waals surface area (Å²) in [5, 5.41) is 2.63. The van der Waals surface area contributed by atoms with Gasteiger partial charge in [0.1, 0.15) is 11.9 Å². The molecule has 1 atom stereocenters. The van der Waals surface area contributed by atoms with Crippen molar-refractivity contribution in [2.75, 3.05) is 25.5 Å². The molecule has 0 spiro atoms. The number of anilines is 1. The number of nitrogens with one attached hydrogen (secondary N) is 1. The highest BCUT2D eigenvalue weighted by Gasteiger charge is 2.35. The first kappa shape index (κ1) is 17.5. The molecule has 3 amide bonds. The van der Waals surface area contributed by atoms with Gasteiger partial charge in [-0.2, -0.15) is 0 Å². The lowest BCUT2D eigenvalue weighted by Gasteiger charge is -2.39. The highest BCUT2D eigenvalue weighted by Crippen LogP contribution is 2.21. The number of hydrogen-bond acceptors (Lipinski definition) is 2. The normalized spacial score (nSPS) is 18.3. The number of benzene rings is 1. The van der Waals surface area contributed by atoms with Crippen LogP contribution in [0, 0.1) is 5.82 Å². The number of halogens is 2. The summed E-state index contributed by atoms with van der Waals surface area (Å²) >= 11 is 5.72. The Morgan fingerprint density at radius 3 is 2.83 bits per heavy atom. The van der Waals surface area contributed by atoms with Crippen LogP contribution in [0.1, 0.15) is 26.2 Å². The first-order valence-corrected chi connectivity index (χ1v) is 8.09. The van der Waals surface area contributed by atoms with Gasteiger partial charge in [-0.1, -0.05) is 31.4 Å². The SMILES string of the molecule is CCCC[C@H]1C(=O)N(C)CCN1C(=O)Nc1ccc(F)c(Cl)c1. The highest BCUT2D eigenvalue weighted by molar-refractivity contribution is 6.31. The van der Waals surface area contributed by atoms with Crippen molar-refractivity contribution >= 4 is 29.2 Å². The fraction of sp³-hybridized carbons (Fsp3) is 0.500. The largest absolute Gasteiger partial charge is 0.342 e. The summed E-state index contributed by atoms with van der Waals surface area (Å²) in [5.74, 6) is -0.586. The van der Waals surface area contributed by atoms with Crippen LogP contribution in [-0.4, -0.2) is 47.9 Å². The first-order chi connectivity index (χ1) is 10.9. The van der Waals surface area contributed by atoms with Crippen molar-refractivity contribution in [3.05, 3.63) is 29.0 Å². The number of unbranched alkanes of at least 4 members (excludes halogenated alkanes) is 1. The van der Waals surface area contributed by atoms with E-state index in [1.165, 1.54) is 18.2 Å². The average molecular weight is 342 g/mol. The Balaban J connectivity index is 2.11. The molecule has 0 unspecified atom stereocenters. The molecule has 23 heavy (non-hydrogen) atoms. The number of amides is 3. The summed E-state index contributed by atoms with van der Waals surface area (Å²) in [6.45, 7) is 3.01. The molecule has 1 aromatic carbocycles. The zero-order chi connectivity index (χ0) is 17.0. The maximum atomic E-state index is 13.2. The third-order valence-corrected chi connectivity index (χ3v) is 4.27. The summed E-state index contributed by atoms with van der Waals surface area (Å²) in [5.41, 5.74) is 0.405. The molecule has 1 heterocycles. The summed E-state index contributed by atoms with van der Waals surface area (Å²) < 4.78 is 13.2. The lowest BCUT2D eigenvalue weighted by molar-refractivity contribution is -0.138. The molecule has 2 rings (SSSR count). The summed E-state index contributed by atoms with van der Waals surface area (Å²) in [6.07, 6.45) is 2.46. The minimum absolute atomic E-state index is 0.0445. The van der Waals surface area contributed by atoms with Gasteiger partial charge in [0, 0.05) is 25.8 Å². The number of rotatable bonds is 4. The van der Waals surface area contributed by atoms with Crippen molar-refractivity contribution in [1.29, 1.82) is 0 Å². The minimum Gasteiger partial charge on any atom is -0.342 e. The van der Waals surface area contributed by atoms with Gasteiger partial charge in [-0.3, -0.25) is 4.79 Å². The van der Waals surface area contributed by atoms with Crippen LogP contribution in [0.3, 0.4) is 0 Å². The van der Waals surface area contributed by atoms with Crippen molar-refractivity contribution in [3.63, 3.8) is 0 Å². The maximum Gasteiger partial charge on any atom is 0.322 e. The van der Waals surface area contributed by atoms with Gasteiger partial charge in [-0.05, 0) is 24.6 Å². The molecule has 0 bridgehead atoms. The molecule has 1 saturated heterocycles. The molecule has 5 nitrogen and oxygen atoms in total. The molecule has 0 radical (unpaired) electrons. The molecule has 1 N–H and O–H groups in total. The molecule has 126 valence electrons. The van der Waals surface area contributed by atoms with E-state index in [0.29, 0.717) is 25.2 Å². The lowest BCUT2D eigenvalue weighted by Crippen LogP contribution is -2.58. The Labute approximate surface area is 140 Å². The van der Waals surface area contributed by atoms with Crippen LogP contribution in [-0.2, 0) is 4.79 Å². The monoisotopic (exact) mass is 341 g/mol. The fourth-order valence-corrected chi connectivity index (χ4v) is 2.78. The predicted molar refractivity (Wildman–Crippen MR) is 88.1 cm³/mol. The van der Waals surface area contributed by atoms with Crippen LogP contribution in [0.5, 0.6) is 0 Å². The van der Waals surface area contributed by atoms with Gasteiger partial charge in [0.15, 0.2) is 0 Å². The molecular formula is C16H21ClFN3O2. The first-order valence-electron chi connectivity index (χ1n) is 7.71. The summed E-state index contributed by atoms with van der Waals surface area (Å²) in [7, 11) is 1.75. The minimum atomic E-state index is -0.541. The van der Waals surface area contributed by atoms with Gasteiger partial charge in [0.05, 0.1) is 5.02 Å². The van der Waals surface area contributed by atoms with Crippen LogP contribution in [0.4, 0.5) is 14.9 Å². The van der Waals surface area contributed by atoms with Gasteiger partial charge in [-0.25, -0.2) is 9.18 Å². The quantitative estimate of drug-likeness (QED) is 0.913. The van der Waals surface area contributed by atoms with Crippen molar-refractivity contribution in [2.45, 2.75) is 32.2 Å². The molecule has 1 fully saturated rings. The highest BCUT2D eigenvalue weighted by atomic mass is 35.5. The van der Waals surface area contributed by atoms with E-state index in [1.807, 2.05) is 6.92 Å². The Morgan fingerprint density at radius 2 is 2.17 bits per heavy atom. The second-order valence-corrected chi connectivity index (χ2v) is 6.08. The lowest BCUT2D eigenvalue weighted by atomic mass is 10.0. The number of piperazine rings is 1. The Morgan fingerprint density at radius 1 is 1.43 bits per heavy atom. The standard InChI is InChI=1S/C16H21ClFN3O2/c1-3-4-5-14-15(22)20(2)8-9-21(14)16(23)19-11-6-7-13(18)12(17)10-11/h6-7,10,14H,3-5,8-9H2,1-2H3,(H,19,23)/t14-/m0/s1. The predicted octanol–water partition coefficient (Wildman–Crippen LogP) is 3.34. The van der Waals surface area contributed by atoms with E-state index in [2.05, 4.69) is 5.32 Å². The molecule has 0 aromatic heterocycles. The third-order valence-electron chi connectivity index (χ3n) is 3.98. The van der Waals surface area contributed by atoms with E-state index >= 15 is 0 Å². The number of nitrogens with zero attached hydrogens (tertiary/aromatic N) is 2. The Hall–Kier alpha value is -1.82. The molecule has 1 aromatic rings. The van der Waals surface area contributed by atoms with Crippen LogP contribution < -0.4 is 5.32 Å². The van der Waals surface area contributed by atoms with E-state index in [0.717, 1.165) is 12.8 Å². The Kier molecular flexibility index (Phi) is 5.82. The van der Waals surface area contributed by atoms with Crippen LogP contribution in [0.15, 0.2) is 18.2 Å². The maximum absolute atomic E-state index is 13.2. The molecule has 7 heteroatoms. The molecule has 0 saturated carbocycles. The summed E-state index contributed by atoms with van der Waals surface area (Å²) in [6, 6.07) is 3.17. The molecule has 0 aliphatic carbocycles. The number of hydrogen-bond donors (Lipinski definition) is 1. The van der Waals surface area contributed by atoms with Gasteiger partial charge in [0.2, 0.25) is 5.91 Å². The Bertz CT molecular complexity index is 597. The third kappa shape index (κ3) is 4.13. The number of carbonyl (C=O) groups excluding carboxylic acids is 2. The molecular weight excluding hydrogens is 321 g/mol. The van der Waals surface area contributed by atoms with Crippen LogP contribution >= 0.6 is 11.6 Å². The van der Waals surface area contributed by atoms with Crippen LogP contribution in [0.25, 0.3) is 0 Å². The zero-order valence-electron chi connectivity index (χ0n) is 13.3. The topological polar surface area (TPSA) is 52.7 Å². The van der Waals surface area contributed by atoms with Crippen LogP contribution in [0.2, 0.25) is 5.02 Å². The van der Waals surface area contributed by atoms with Gasteiger partial charge < -0.3 is 15.1 Å². The van der Waals surface area contributed by atoms with Crippen molar-refractivity contribution < 1.29 is 14.0 Å². The van der Waals surface area contributed by atoms with Crippen molar-refractivity contribution in [3.8, 4) is 0 Å². The van der Waals surface area contributed by atoms with E-state index in [-0.39, 0.29) is 17.0 Å². The zero-order valence-corrected chi connectivity index (χ0v) is 14.1. The number of carbonyl (C=O) groups is 2.